The second-order valence-electron chi connectivity index (χ2n) is 8.95. The summed E-state index contributed by atoms with van der Waals surface area (Å²) in [7, 11) is 2.56. The molecule has 1 aliphatic heterocycles. The van der Waals surface area contributed by atoms with Crippen molar-refractivity contribution in [2.24, 2.45) is 11.8 Å². The molecule has 1 fully saturated rings. The van der Waals surface area contributed by atoms with Gasteiger partial charge in [0.05, 0.1) is 11.8 Å². The Labute approximate surface area is 182 Å². The third-order valence-corrected chi connectivity index (χ3v) is 8.00. The summed E-state index contributed by atoms with van der Waals surface area (Å²) in [5.74, 6) is -0.796. The zero-order valence-electron chi connectivity index (χ0n) is 16.8. The summed E-state index contributed by atoms with van der Waals surface area (Å²) < 4.78 is 0. The van der Waals surface area contributed by atoms with Crippen LogP contribution in [0.3, 0.4) is 0 Å². The van der Waals surface area contributed by atoms with Crippen LogP contribution in [0, 0.1) is 11.8 Å². The molecule has 0 spiro atoms. The van der Waals surface area contributed by atoms with E-state index in [1.165, 1.54) is 48.7 Å². The first-order chi connectivity index (χ1) is 15.2. The van der Waals surface area contributed by atoms with Crippen molar-refractivity contribution in [3.63, 3.8) is 0 Å². The molecule has 2 amide bonds. The Balaban J connectivity index is 1.58. The molecular formula is C27H20NO2P. The molecule has 1 heterocycles. The van der Waals surface area contributed by atoms with Crippen LogP contribution in [0.1, 0.15) is 34.1 Å². The van der Waals surface area contributed by atoms with Crippen LogP contribution in [-0.2, 0) is 9.59 Å². The van der Waals surface area contributed by atoms with Crippen molar-refractivity contribution in [3.05, 3.63) is 95.1 Å². The van der Waals surface area contributed by atoms with E-state index in [2.05, 4.69) is 82.0 Å². The highest BCUT2D eigenvalue weighted by Crippen LogP contribution is 2.62. The van der Waals surface area contributed by atoms with Gasteiger partial charge in [0.2, 0.25) is 11.8 Å². The summed E-state index contributed by atoms with van der Waals surface area (Å²) in [6, 6.07) is 25.8. The lowest BCUT2D eigenvalue weighted by Gasteiger charge is -2.46. The Hall–Kier alpha value is -3.03. The number of fused-ring (bicyclic) bond motifs is 2. The fraction of sp³-hybridized carbons (Fsp3) is 0.185. The zero-order chi connectivity index (χ0) is 20.9. The lowest BCUT2D eigenvalue weighted by Crippen LogP contribution is -2.41. The Morgan fingerprint density at radius 3 is 1.23 bits per heavy atom. The number of benzene rings is 4. The number of carbonyl (C=O) groups is 2. The Morgan fingerprint density at radius 2 is 0.935 bits per heavy atom. The SMILES string of the molecule is O=C1C2C3c4cc5ccccc5cc4C(c4cc5ccccc5cc43)C2C(=O)N1CP. The maximum atomic E-state index is 13.4. The molecule has 150 valence electrons. The van der Waals surface area contributed by atoms with Crippen LogP contribution in [0.4, 0.5) is 0 Å². The van der Waals surface area contributed by atoms with Gasteiger partial charge < -0.3 is 0 Å². The first-order valence-corrected chi connectivity index (χ1v) is 11.6. The van der Waals surface area contributed by atoms with E-state index in [4.69, 9.17) is 0 Å². The fourth-order valence-corrected chi connectivity index (χ4v) is 6.75. The van der Waals surface area contributed by atoms with Crippen LogP contribution in [0.2, 0.25) is 0 Å². The van der Waals surface area contributed by atoms with Crippen LogP contribution in [0.15, 0.2) is 72.8 Å². The van der Waals surface area contributed by atoms with Crippen LogP contribution in [-0.4, -0.2) is 23.0 Å². The van der Waals surface area contributed by atoms with Crippen molar-refractivity contribution >= 4 is 42.6 Å². The minimum absolute atomic E-state index is 0.0161. The predicted molar refractivity (Wildman–Crippen MR) is 125 cm³/mol. The highest BCUT2D eigenvalue weighted by atomic mass is 31.0. The first kappa shape index (κ1) is 17.6. The van der Waals surface area contributed by atoms with E-state index in [-0.39, 0.29) is 35.5 Å². The average Bonchev–Trinajstić information content (AvgIpc) is 3.06. The summed E-state index contributed by atoms with van der Waals surface area (Å²) in [6.45, 7) is 0. The van der Waals surface area contributed by atoms with Crippen LogP contribution in [0.5, 0.6) is 0 Å². The van der Waals surface area contributed by atoms with E-state index in [1.807, 2.05) is 0 Å². The monoisotopic (exact) mass is 421 g/mol. The van der Waals surface area contributed by atoms with E-state index in [0.29, 0.717) is 6.29 Å². The van der Waals surface area contributed by atoms with E-state index in [0.717, 1.165) is 0 Å². The van der Waals surface area contributed by atoms with Crippen molar-refractivity contribution in [2.45, 2.75) is 11.8 Å². The minimum atomic E-state index is -0.305. The third kappa shape index (κ3) is 2.12. The van der Waals surface area contributed by atoms with E-state index in [1.54, 1.807) is 0 Å². The van der Waals surface area contributed by atoms with Gasteiger partial charge in [0.25, 0.3) is 0 Å². The second kappa shape index (κ2) is 6.02. The molecule has 31 heavy (non-hydrogen) atoms. The smallest absolute Gasteiger partial charge is 0.234 e. The molecule has 2 bridgehead atoms. The van der Waals surface area contributed by atoms with Crippen molar-refractivity contribution in [1.29, 1.82) is 0 Å². The van der Waals surface area contributed by atoms with Crippen molar-refractivity contribution < 1.29 is 9.59 Å². The Bertz CT molecular complexity index is 1260. The van der Waals surface area contributed by atoms with Crippen molar-refractivity contribution in [1.82, 2.24) is 4.90 Å². The van der Waals surface area contributed by atoms with Gasteiger partial charge in [-0.15, -0.1) is 9.24 Å². The molecule has 3 unspecified atom stereocenters. The predicted octanol–water partition coefficient (Wildman–Crippen LogP) is 5.02. The molecule has 3 aliphatic carbocycles. The molecule has 8 rings (SSSR count). The van der Waals surface area contributed by atoms with Gasteiger partial charge in [-0.05, 0) is 43.8 Å². The van der Waals surface area contributed by atoms with Gasteiger partial charge >= 0.3 is 0 Å². The molecule has 4 aromatic rings. The maximum Gasteiger partial charge on any atom is 0.234 e. The normalized spacial score (nSPS) is 25.8. The number of imide groups is 1. The number of carbonyl (C=O) groups excluding carboxylic acids is 2. The lowest BCUT2D eigenvalue weighted by atomic mass is 9.54. The van der Waals surface area contributed by atoms with E-state index in [9.17, 15) is 9.59 Å². The molecule has 4 aromatic carbocycles. The number of hydrogen-bond acceptors (Lipinski definition) is 2. The highest BCUT2D eigenvalue weighted by molar-refractivity contribution is 7.16. The summed E-state index contributed by atoms with van der Waals surface area (Å²) in [6.07, 6.45) is 0.362. The van der Waals surface area contributed by atoms with Gasteiger partial charge in [-0.3, -0.25) is 14.5 Å². The molecule has 4 aliphatic rings. The largest absolute Gasteiger partial charge is 0.278 e. The Kier molecular flexibility index (Phi) is 3.42. The summed E-state index contributed by atoms with van der Waals surface area (Å²) in [4.78, 5) is 28.3. The van der Waals surface area contributed by atoms with Crippen molar-refractivity contribution in [3.8, 4) is 0 Å². The van der Waals surface area contributed by atoms with Crippen molar-refractivity contribution in [2.75, 3.05) is 6.29 Å². The summed E-state index contributed by atoms with van der Waals surface area (Å²) in [5.41, 5.74) is 4.89. The molecule has 0 N–H and O–H groups in total. The second-order valence-corrected chi connectivity index (χ2v) is 9.32. The summed E-state index contributed by atoms with van der Waals surface area (Å²) in [5, 5.41) is 4.75. The van der Waals surface area contributed by atoms with Gasteiger partial charge in [-0.1, -0.05) is 72.8 Å². The average molecular weight is 421 g/mol. The standard InChI is InChI=1S/C27H20NO2P/c29-26-24-22-18-9-14-5-1-2-6-15(14)10-19(18)23(25(24)27(30)28(26)13-31)21-12-17-8-4-3-7-16(17)11-20(21)22/h1-12,22-25H,13,31H2. The van der Waals surface area contributed by atoms with Gasteiger partial charge in [0, 0.05) is 18.1 Å². The lowest BCUT2D eigenvalue weighted by molar-refractivity contribution is -0.138. The van der Waals surface area contributed by atoms with E-state index >= 15 is 0 Å². The highest BCUT2D eigenvalue weighted by Gasteiger charge is 2.61. The first-order valence-electron chi connectivity index (χ1n) is 10.8. The maximum absolute atomic E-state index is 13.4. The van der Waals surface area contributed by atoms with Gasteiger partial charge in [-0.2, -0.15) is 0 Å². The van der Waals surface area contributed by atoms with Gasteiger partial charge in [-0.25, -0.2) is 0 Å². The fourth-order valence-electron chi connectivity index (χ4n) is 6.39. The molecule has 4 heteroatoms. The van der Waals surface area contributed by atoms with Crippen LogP contribution in [0.25, 0.3) is 21.5 Å². The molecule has 3 atom stereocenters. The molecular weight excluding hydrogens is 401 g/mol. The summed E-state index contributed by atoms with van der Waals surface area (Å²) >= 11 is 0. The molecule has 0 radical (unpaired) electrons. The van der Waals surface area contributed by atoms with Crippen LogP contribution >= 0.6 is 9.24 Å². The molecule has 1 saturated heterocycles. The quantitative estimate of drug-likeness (QED) is 0.320. The Morgan fingerprint density at radius 1 is 0.613 bits per heavy atom. The number of likely N-dealkylation sites (tertiary alicyclic amines) is 1. The van der Waals surface area contributed by atoms with E-state index < -0.39 is 0 Å². The number of rotatable bonds is 1. The molecule has 3 nitrogen and oxygen atoms in total. The zero-order valence-corrected chi connectivity index (χ0v) is 17.9. The third-order valence-electron chi connectivity index (χ3n) is 7.63. The van der Waals surface area contributed by atoms with Gasteiger partial charge in [0.1, 0.15) is 0 Å². The number of hydrogen-bond donors (Lipinski definition) is 0. The van der Waals surface area contributed by atoms with Crippen LogP contribution < -0.4 is 0 Å². The number of nitrogens with zero attached hydrogens (tertiary/aromatic N) is 1. The minimum Gasteiger partial charge on any atom is -0.278 e. The van der Waals surface area contributed by atoms with Gasteiger partial charge in [0.15, 0.2) is 0 Å². The number of amides is 2. The topological polar surface area (TPSA) is 37.4 Å². The molecule has 0 saturated carbocycles. The molecule has 0 aromatic heterocycles.